The molecule has 17 heavy (non-hydrogen) atoms. The minimum absolute atomic E-state index is 0.405. The van der Waals surface area contributed by atoms with Crippen LogP contribution >= 0.6 is 0 Å². The van der Waals surface area contributed by atoms with Gasteiger partial charge in [-0.05, 0) is 26.3 Å². The smallest absolute Gasteiger partial charge is 0.316 e. The summed E-state index contributed by atoms with van der Waals surface area (Å²) in [6.07, 6.45) is 6.54. The fraction of sp³-hybridized carbons (Fsp3) is 0.462. The summed E-state index contributed by atoms with van der Waals surface area (Å²) in [5.74, 6) is 0. The van der Waals surface area contributed by atoms with Gasteiger partial charge in [-0.1, -0.05) is 12.5 Å². The zero-order valence-electron chi connectivity index (χ0n) is 10.9. The first-order valence-electron chi connectivity index (χ1n) is 5.80. The van der Waals surface area contributed by atoms with Gasteiger partial charge in [0.05, 0.1) is 12.3 Å². The summed E-state index contributed by atoms with van der Waals surface area (Å²) in [6, 6.07) is 0.405. The van der Waals surface area contributed by atoms with Crippen LogP contribution in [0.15, 0.2) is 29.0 Å². The Kier molecular flexibility index (Phi) is 5.33. The van der Waals surface area contributed by atoms with Crippen molar-refractivity contribution < 1.29 is 4.74 Å². The summed E-state index contributed by atoms with van der Waals surface area (Å²) in [7, 11) is 1.77. The van der Waals surface area contributed by atoms with E-state index in [0.717, 1.165) is 17.7 Å². The molecule has 0 bridgehead atoms. The van der Waals surface area contributed by atoms with Crippen LogP contribution in [-0.4, -0.2) is 29.3 Å². The van der Waals surface area contributed by atoms with Crippen molar-refractivity contribution in [2.75, 3.05) is 13.7 Å². The molecule has 1 aromatic heterocycles. The van der Waals surface area contributed by atoms with E-state index in [1.807, 2.05) is 6.92 Å². The van der Waals surface area contributed by atoms with E-state index in [1.54, 1.807) is 19.4 Å². The molecule has 0 saturated carbocycles. The van der Waals surface area contributed by atoms with Crippen LogP contribution in [0.3, 0.4) is 0 Å². The molecular weight excluding hydrogens is 214 g/mol. The molecule has 0 aliphatic rings. The van der Waals surface area contributed by atoms with Gasteiger partial charge in [0.1, 0.15) is 0 Å². The summed E-state index contributed by atoms with van der Waals surface area (Å²) in [5.41, 5.74) is 3.08. The van der Waals surface area contributed by atoms with Crippen molar-refractivity contribution in [1.82, 2.24) is 9.97 Å². The first-order valence-corrected chi connectivity index (χ1v) is 5.80. The predicted molar refractivity (Wildman–Crippen MR) is 69.7 cm³/mol. The molecule has 92 valence electrons. The number of aromatic nitrogens is 2. The molecule has 0 spiro atoms. The zero-order chi connectivity index (χ0) is 12.7. The summed E-state index contributed by atoms with van der Waals surface area (Å²) >= 11 is 0. The predicted octanol–water partition coefficient (Wildman–Crippen LogP) is 2.65. The van der Waals surface area contributed by atoms with E-state index >= 15 is 0 Å². The number of allylic oxidation sites excluding steroid dienone is 2. The molecule has 4 heteroatoms. The van der Waals surface area contributed by atoms with Crippen LogP contribution in [-0.2, 0) is 0 Å². The lowest BCUT2D eigenvalue weighted by Crippen LogP contribution is -2.02. The SMILES string of the molecule is CCOc1ncc(C(/C=C(/C)CC)=NC)cn1. The third kappa shape index (κ3) is 3.98. The molecule has 0 atom stereocenters. The van der Waals surface area contributed by atoms with E-state index in [4.69, 9.17) is 4.74 Å². The maximum absolute atomic E-state index is 5.20. The zero-order valence-corrected chi connectivity index (χ0v) is 10.9. The second-order valence-corrected chi connectivity index (χ2v) is 3.64. The van der Waals surface area contributed by atoms with Crippen LogP contribution < -0.4 is 4.74 Å². The van der Waals surface area contributed by atoms with Crippen molar-refractivity contribution in [2.24, 2.45) is 4.99 Å². The molecule has 0 aromatic carbocycles. The monoisotopic (exact) mass is 233 g/mol. The normalized spacial score (nSPS) is 12.7. The van der Waals surface area contributed by atoms with Crippen molar-refractivity contribution in [3.05, 3.63) is 29.6 Å². The van der Waals surface area contributed by atoms with Crippen LogP contribution in [0.4, 0.5) is 0 Å². The standard InChI is InChI=1S/C13H19N3O/c1-5-10(3)7-12(14-4)11-8-15-13(16-9-11)17-6-2/h7-9H,5-6H2,1-4H3/b10-7-,14-12?. The van der Waals surface area contributed by atoms with Gasteiger partial charge in [-0.3, -0.25) is 4.99 Å². The first kappa shape index (κ1) is 13.4. The number of aliphatic imine (C=N–C) groups is 1. The van der Waals surface area contributed by atoms with Gasteiger partial charge in [0.15, 0.2) is 0 Å². The van der Waals surface area contributed by atoms with E-state index in [0.29, 0.717) is 12.6 Å². The highest BCUT2D eigenvalue weighted by atomic mass is 16.5. The third-order valence-electron chi connectivity index (χ3n) is 2.38. The van der Waals surface area contributed by atoms with Crippen LogP contribution in [0.5, 0.6) is 6.01 Å². The van der Waals surface area contributed by atoms with E-state index in [-0.39, 0.29) is 0 Å². The Balaban J connectivity index is 2.91. The number of rotatable bonds is 5. The molecule has 4 nitrogen and oxygen atoms in total. The molecular formula is C13H19N3O. The molecule has 0 fully saturated rings. The Morgan fingerprint density at radius 3 is 2.47 bits per heavy atom. The number of hydrogen-bond acceptors (Lipinski definition) is 4. The minimum atomic E-state index is 0.405. The molecule has 0 unspecified atom stereocenters. The quantitative estimate of drug-likeness (QED) is 0.734. The lowest BCUT2D eigenvalue weighted by atomic mass is 10.1. The van der Waals surface area contributed by atoms with Crippen LogP contribution in [0, 0.1) is 0 Å². The fourth-order valence-corrected chi connectivity index (χ4v) is 1.26. The van der Waals surface area contributed by atoms with Gasteiger partial charge < -0.3 is 4.74 Å². The third-order valence-corrected chi connectivity index (χ3v) is 2.38. The molecule has 0 N–H and O–H groups in total. The second kappa shape index (κ2) is 6.78. The highest BCUT2D eigenvalue weighted by Crippen LogP contribution is 2.07. The number of hydrogen-bond donors (Lipinski definition) is 0. The molecule has 0 aliphatic heterocycles. The molecule has 1 heterocycles. The summed E-state index contributed by atoms with van der Waals surface area (Å²) in [6.45, 7) is 6.68. The minimum Gasteiger partial charge on any atom is -0.464 e. The Morgan fingerprint density at radius 1 is 1.35 bits per heavy atom. The Hall–Kier alpha value is -1.71. The average Bonchev–Trinajstić information content (AvgIpc) is 2.37. The summed E-state index contributed by atoms with van der Waals surface area (Å²) < 4.78 is 5.20. The van der Waals surface area contributed by atoms with Gasteiger partial charge in [0.25, 0.3) is 0 Å². The topological polar surface area (TPSA) is 47.4 Å². The van der Waals surface area contributed by atoms with Crippen molar-refractivity contribution in [3.8, 4) is 6.01 Å². The van der Waals surface area contributed by atoms with Gasteiger partial charge in [-0.15, -0.1) is 0 Å². The highest BCUT2D eigenvalue weighted by Gasteiger charge is 2.03. The Morgan fingerprint density at radius 2 is 2.00 bits per heavy atom. The first-order chi connectivity index (χ1) is 8.21. The Labute approximate surface area is 102 Å². The second-order valence-electron chi connectivity index (χ2n) is 3.64. The molecule has 1 aromatic rings. The van der Waals surface area contributed by atoms with Crippen molar-refractivity contribution in [3.63, 3.8) is 0 Å². The largest absolute Gasteiger partial charge is 0.464 e. The number of nitrogens with zero attached hydrogens (tertiary/aromatic N) is 3. The van der Waals surface area contributed by atoms with Gasteiger partial charge in [0, 0.05) is 25.0 Å². The average molecular weight is 233 g/mol. The van der Waals surface area contributed by atoms with E-state index in [1.165, 1.54) is 5.57 Å². The van der Waals surface area contributed by atoms with Crippen molar-refractivity contribution in [1.29, 1.82) is 0 Å². The van der Waals surface area contributed by atoms with Gasteiger partial charge in [-0.2, -0.15) is 0 Å². The Bertz CT molecular complexity index is 407. The van der Waals surface area contributed by atoms with Gasteiger partial charge in [-0.25, -0.2) is 9.97 Å². The summed E-state index contributed by atoms with van der Waals surface area (Å²) in [4.78, 5) is 12.5. The molecule has 0 amide bonds. The van der Waals surface area contributed by atoms with Crippen LogP contribution in [0.1, 0.15) is 32.8 Å². The van der Waals surface area contributed by atoms with E-state index in [2.05, 4.69) is 34.9 Å². The van der Waals surface area contributed by atoms with E-state index in [9.17, 15) is 0 Å². The molecule has 0 radical (unpaired) electrons. The van der Waals surface area contributed by atoms with Crippen molar-refractivity contribution in [2.45, 2.75) is 27.2 Å². The lowest BCUT2D eigenvalue weighted by Gasteiger charge is -2.04. The molecule has 0 saturated heterocycles. The molecule has 0 aliphatic carbocycles. The van der Waals surface area contributed by atoms with Crippen LogP contribution in [0.25, 0.3) is 0 Å². The van der Waals surface area contributed by atoms with E-state index < -0.39 is 0 Å². The van der Waals surface area contributed by atoms with Crippen molar-refractivity contribution >= 4 is 5.71 Å². The molecule has 1 rings (SSSR count). The number of ether oxygens (including phenoxy) is 1. The fourth-order valence-electron chi connectivity index (χ4n) is 1.26. The van der Waals surface area contributed by atoms with Gasteiger partial charge in [0.2, 0.25) is 0 Å². The summed E-state index contributed by atoms with van der Waals surface area (Å²) in [5, 5.41) is 0. The maximum Gasteiger partial charge on any atom is 0.316 e. The highest BCUT2D eigenvalue weighted by molar-refractivity contribution is 6.08. The van der Waals surface area contributed by atoms with Gasteiger partial charge >= 0.3 is 6.01 Å². The maximum atomic E-state index is 5.20. The van der Waals surface area contributed by atoms with Crippen LogP contribution in [0.2, 0.25) is 0 Å². The lowest BCUT2D eigenvalue weighted by molar-refractivity contribution is 0.312.